The quantitative estimate of drug-likeness (QED) is 0.765. The highest BCUT2D eigenvalue weighted by Crippen LogP contribution is 2.12. The van der Waals surface area contributed by atoms with E-state index in [1.807, 2.05) is 24.3 Å². The van der Waals surface area contributed by atoms with Gasteiger partial charge < -0.3 is 19.3 Å². The minimum Gasteiger partial charge on any atom is -0.497 e. The van der Waals surface area contributed by atoms with Crippen LogP contribution in [0.5, 0.6) is 5.75 Å². The van der Waals surface area contributed by atoms with Crippen LogP contribution in [0.3, 0.4) is 0 Å². The van der Waals surface area contributed by atoms with E-state index in [0.717, 1.165) is 11.3 Å². The molecule has 0 aliphatic carbocycles. The van der Waals surface area contributed by atoms with Gasteiger partial charge >= 0.3 is 5.97 Å². The summed E-state index contributed by atoms with van der Waals surface area (Å²) in [5.41, 5.74) is 0.955. The molecule has 0 saturated heterocycles. The molecule has 5 heteroatoms. The third kappa shape index (κ3) is 4.73. The Balaban J connectivity index is 2.37. The van der Waals surface area contributed by atoms with Crippen molar-refractivity contribution < 1.29 is 24.1 Å². The van der Waals surface area contributed by atoms with E-state index in [9.17, 15) is 4.79 Å². The molecule has 1 aromatic carbocycles. The number of hydrogen-bond acceptors (Lipinski definition) is 4. The van der Waals surface area contributed by atoms with E-state index in [-0.39, 0.29) is 6.61 Å². The van der Waals surface area contributed by atoms with Crippen LogP contribution in [0.1, 0.15) is 12.5 Å². The molecule has 0 fully saturated rings. The molecule has 0 aliphatic rings. The zero-order valence-electron chi connectivity index (χ0n) is 10.6. The van der Waals surface area contributed by atoms with Crippen molar-refractivity contribution in [3.8, 4) is 5.75 Å². The van der Waals surface area contributed by atoms with Crippen molar-refractivity contribution in [1.29, 1.82) is 0 Å². The summed E-state index contributed by atoms with van der Waals surface area (Å²) in [5.74, 6) is -0.233. The van der Waals surface area contributed by atoms with Crippen LogP contribution in [0, 0.1) is 0 Å². The van der Waals surface area contributed by atoms with Crippen LogP contribution in [-0.2, 0) is 20.9 Å². The van der Waals surface area contributed by atoms with E-state index in [2.05, 4.69) is 0 Å². The molecular weight excluding hydrogens is 236 g/mol. The predicted octanol–water partition coefficient (Wildman–Crippen LogP) is 1.70. The molecule has 0 spiro atoms. The molecular formula is C13H18O5. The topological polar surface area (TPSA) is 65.0 Å². The maximum absolute atomic E-state index is 10.8. The summed E-state index contributed by atoms with van der Waals surface area (Å²) in [7, 11) is 1.60. The molecule has 0 heterocycles. The fraction of sp³-hybridized carbons (Fsp3) is 0.462. The van der Waals surface area contributed by atoms with Crippen molar-refractivity contribution in [3.63, 3.8) is 0 Å². The highest BCUT2D eigenvalue weighted by atomic mass is 16.5. The SMILES string of the molecule is CCOC(COCc1ccc(OC)cc1)C(=O)O. The molecule has 1 aromatic rings. The van der Waals surface area contributed by atoms with Gasteiger partial charge in [0.2, 0.25) is 0 Å². The number of hydrogen-bond donors (Lipinski definition) is 1. The van der Waals surface area contributed by atoms with Crippen molar-refractivity contribution in [2.24, 2.45) is 0 Å². The number of aliphatic carboxylic acids is 1. The van der Waals surface area contributed by atoms with Crippen LogP contribution in [-0.4, -0.2) is 37.5 Å². The van der Waals surface area contributed by atoms with Crippen LogP contribution in [0.15, 0.2) is 24.3 Å². The van der Waals surface area contributed by atoms with Crippen LogP contribution in [0.2, 0.25) is 0 Å². The zero-order valence-corrected chi connectivity index (χ0v) is 10.6. The number of rotatable bonds is 8. The number of benzene rings is 1. The molecule has 1 unspecified atom stereocenters. The second kappa shape index (κ2) is 7.68. The summed E-state index contributed by atoms with van der Waals surface area (Å²) >= 11 is 0. The first-order valence-corrected chi connectivity index (χ1v) is 5.72. The van der Waals surface area contributed by atoms with Crippen LogP contribution < -0.4 is 4.74 Å². The molecule has 0 aromatic heterocycles. The Hall–Kier alpha value is -1.59. The van der Waals surface area contributed by atoms with Gasteiger partial charge in [0.05, 0.1) is 20.3 Å². The lowest BCUT2D eigenvalue weighted by molar-refractivity contribution is -0.154. The highest BCUT2D eigenvalue weighted by molar-refractivity contribution is 5.72. The second-order valence-corrected chi connectivity index (χ2v) is 3.65. The molecule has 0 bridgehead atoms. The highest BCUT2D eigenvalue weighted by Gasteiger charge is 2.17. The lowest BCUT2D eigenvalue weighted by Crippen LogP contribution is -2.29. The molecule has 1 N–H and O–H groups in total. The van der Waals surface area contributed by atoms with Crippen molar-refractivity contribution in [2.45, 2.75) is 19.6 Å². The van der Waals surface area contributed by atoms with Crippen LogP contribution in [0.25, 0.3) is 0 Å². The fourth-order valence-corrected chi connectivity index (χ4v) is 1.40. The van der Waals surface area contributed by atoms with E-state index in [0.29, 0.717) is 13.2 Å². The van der Waals surface area contributed by atoms with Crippen LogP contribution >= 0.6 is 0 Å². The van der Waals surface area contributed by atoms with Crippen LogP contribution in [0.4, 0.5) is 0 Å². The van der Waals surface area contributed by atoms with Crippen molar-refractivity contribution in [3.05, 3.63) is 29.8 Å². The predicted molar refractivity (Wildman–Crippen MR) is 65.7 cm³/mol. The summed E-state index contributed by atoms with van der Waals surface area (Å²) in [6, 6.07) is 7.40. The minimum absolute atomic E-state index is 0.0369. The van der Waals surface area contributed by atoms with Gasteiger partial charge in [-0.15, -0.1) is 0 Å². The Bertz CT molecular complexity index is 360. The molecule has 18 heavy (non-hydrogen) atoms. The van der Waals surface area contributed by atoms with Crippen molar-refractivity contribution >= 4 is 5.97 Å². The Labute approximate surface area is 106 Å². The summed E-state index contributed by atoms with van der Waals surface area (Å²) in [6.07, 6.45) is -0.909. The van der Waals surface area contributed by atoms with E-state index in [1.54, 1.807) is 14.0 Å². The third-order valence-corrected chi connectivity index (χ3v) is 2.34. The summed E-state index contributed by atoms with van der Waals surface area (Å²) in [4.78, 5) is 10.8. The normalized spacial score (nSPS) is 12.1. The minimum atomic E-state index is -1.01. The number of methoxy groups -OCH3 is 1. The summed E-state index contributed by atoms with van der Waals surface area (Å²) in [6.45, 7) is 2.48. The molecule has 5 nitrogen and oxygen atoms in total. The van der Waals surface area contributed by atoms with Crippen molar-refractivity contribution in [2.75, 3.05) is 20.3 Å². The average Bonchev–Trinajstić information content (AvgIpc) is 2.38. The number of carboxylic acid groups (broad SMARTS) is 1. The van der Waals surface area contributed by atoms with Crippen molar-refractivity contribution in [1.82, 2.24) is 0 Å². The molecule has 0 radical (unpaired) electrons. The molecule has 0 saturated carbocycles. The van der Waals surface area contributed by atoms with Gasteiger partial charge in [0, 0.05) is 6.61 Å². The van der Waals surface area contributed by atoms with Gasteiger partial charge in [-0.05, 0) is 24.6 Å². The largest absolute Gasteiger partial charge is 0.497 e. The van der Waals surface area contributed by atoms with Gasteiger partial charge in [-0.3, -0.25) is 0 Å². The van der Waals surface area contributed by atoms with E-state index in [1.165, 1.54) is 0 Å². The zero-order chi connectivity index (χ0) is 13.4. The van der Waals surface area contributed by atoms with Gasteiger partial charge in [0.1, 0.15) is 5.75 Å². The van der Waals surface area contributed by atoms with Gasteiger partial charge in [-0.2, -0.15) is 0 Å². The Morgan fingerprint density at radius 3 is 2.50 bits per heavy atom. The fourth-order valence-electron chi connectivity index (χ4n) is 1.40. The standard InChI is InChI=1S/C13H18O5/c1-3-18-12(13(14)15)9-17-8-10-4-6-11(16-2)7-5-10/h4-7,12H,3,8-9H2,1-2H3,(H,14,15). The Kier molecular flexibility index (Phi) is 6.18. The lowest BCUT2D eigenvalue weighted by atomic mass is 10.2. The average molecular weight is 254 g/mol. The molecule has 1 atom stereocenters. The first-order chi connectivity index (χ1) is 8.67. The molecule has 1 rings (SSSR count). The number of carboxylic acids is 1. The first kappa shape index (κ1) is 14.5. The lowest BCUT2D eigenvalue weighted by Gasteiger charge is -2.12. The monoisotopic (exact) mass is 254 g/mol. The van der Waals surface area contributed by atoms with Gasteiger partial charge in [0.15, 0.2) is 6.10 Å². The Morgan fingerprint density at radius 1 is 1.33 bits per heavy atom. The molecule has 100 valence electrons. The maximum Gasteiger partial charge on any atom is 0.335 e. The maximum atomic E-state index is 10.8. The second-order valence-electron chi connectivity index (χ2n) is 3.65. The number of ether oxygens (including phenoxy) is 3. The van der Waals surface area contributed by atoms with Gasteiger partial charge in [0.25, 0.3) is 0 Å². The van der Waals surface area contributed by atoms with Gasteiger partial charge in [-0.25, -0.2) is 4.79 Å². The summed E-state index contributed by atoms with van der Waals surface area (Å²) in [5, 5.41) is 8.85. The first-order valence-electron chi connectivity index (χ1n) is 5.72. The van der Waals surface area contributed by atoms with Gasteiger partial charge in [-0.1, -0.05) is 12.1 Å². The third-order valence-electron chi connectivity index (χ3n) is 2.34. The molecule has 0 aliphatic heterocycles. The molecule has 0 amide bonds. The Morgan fingerprint density at radius 2 is 2.00 bits per heavy atom. The number of carbonyl (C=O) groups is 1. The van der Waals surface area contributed by atoms with E-state index >= 15 is 0 Å². The van der Waals surface area contributed by atoms with E-state index < -0.39 is 12.1 Å². The van der Waals surface area contributed by atoms with E-state index in [4.69, 9.17) is 19.3 Å². The summed E-state index contributed by atoms with van der Waals surface area (Å²) < 4.78 is 15.4. The smallest absolute Gasteiger partial charge is 0.335 e.